The molecule has 0 fully saturated rings. The van der Waals surface area contributed by atoms with Crippen LogP contribution in [0.15, 0.2) is 328 Å². The van der Waals surface area contributed by atoms with Crippen LogP contribution in [-0.2, 0) is 0 Å². The van der Waals surface area contributed by atoms with Crippen LogP contribution < -0.4 is 42.6 Å². The molecule has 0 atom stereocenters. The van der Waals surface area contributed by atoms with E-state index in [1.807, 2.05) is 0 Å². The highest BCUT2D eigenvalue weighted by Gasteiger charge is 2.34. The fourth-order valence-electron chi connectivity index (χ4n) is 14.0. The van der Waals surface area contributed by atoms with E-state index in [0.29, 0.717) is 0 Å². The second kappa shape index (κ2) is 20.7. The quantitative estimate of drug-likeness (QED) is 0.0889. The molecule has 0 bridgehead atoms. The van der Waals surface area contributed by atoms with Gasteiger partial charge in [0.2, 0.25) is 13.4 Å². The maximum Gasteiger partial charge on any atom is 0.243 e. The largest absolute Gasteiger partial charge is 0.310 e. The summed E-state index contributed by atoms with van der Waals surface area (Å²) < 4.78 is 0. The fraction of sp³-hybridized carbons (Fsp3) is 0. The number of fused-ring (bicyclic) bond motifs is 4. The van der Waals surface area contributed by atoms with E-state index in [1.54, 1.807) is 0 Å². The Morgan fingerprint density at radius 1 is 0.179 bits per heavy atom. The number of anilines is 6. The van der Waals surface area contributed by atoms with Crippen molar-refractivity contribution in [3.05, 3.63) is 328 Å². The summed E-state index contributed by atoms with van der Waals surface area (Å²) in [7, 11) is 0. The Bertz CT molecular complexity index is 4530. The Balaban J connectivity index is 1.13. The van der Waals surface area contributed by atoms with Crippen LogP contribution in [0.2, 0.25) is 0 Å². The van der Waals surface area contributed by atoms with Gasteiger partial charge in [-0.05, 0) is 125 Å². The summed E-state index contributed by atoms with van der Waals surface area (Å²) in [6.45, 7) is -0.385. The van der Waals surface area contributed by atoms with Gasteiger partial charge in [0.15, 0.2) is 0 Å². The van der Waals surface area contributed by atoms with E-state index in [-0.39, 0.29) is 13.4 Å². The van der Waals surface area contributed by atoms with Gasteiger partial charge in [0.25, 0.3) is 0 Å². The molecule has 0 aromatic heterocycles. The van der Waals surface area contributed by atoms with Gasteiger partial charge in [0.05, 0.1) is 11.4 Å². The second-order valence-corrected chi connectivity index (χ2v) is 22.2. The number of rotatable bonds is 12. The normalized spacial score (nSPS) is 11.6. The molecule has 16 aromatic rings. The van der Waals surface area contributed by atoms with Gasteiger partial charge in [-0.3, -0.25) is 0 Å². The van der Waals surface area contributed by atoms with Crippen molar-refractivity contribution >= 4 is 156 Å². The van der Waals surface area contributed by atoms with Crippen LogP contribution in [-0.4, -0.2) is 13.4 Å². The highest BCUT2D eigenvalue weighted by atomic mass is 15.1. The number of benzene rings is 16. The molecule has 0 aliphatic heterocycles. The smallest absolute Gasteiger partial charge is 0.243 e. The molecule has 16 rings (SSSR count). The minimum Gasteiger partial charge on any atom is -0.310 e. The molecule has 0 spiro atoms. The average molecular weight is 1060 g/mol. The summed E-state index contributed by atoms with van der Waals surface area (Å²) in [4.78, 5) is 4.99. The molecule has 2 nitrogen and oxygen atoms in total. The third kappa shape index (κ3) is 8.21. The molecule has 0 saturated heterocycles. The molecular weight excluding hydrogens is 1010 g/mol. The van der Waals surface area contributed by atoms with Gasteiger partial charge >= 0.3 is 0 Å². The number of nitrogens with zero attached hydrogens (tertiary/aromatic N) is 2. The molecule has 4 heteroatoms. The summed E-state index contributed by atoms with van der Waals surface area (Å²) in [5.74, 6) is 0. The first kappa shape index (κ1) is 49.2. The maximum atomic E-state index is 2.55. The van der Waals surface area contributed by atoms with Crippen molar-refractivity contribution in [2.75, 3.05) is 9.80 Å². The van der Waals surface area contributed by atoms with E-state index < -0.39 is 0 Å². The van der Waals surface area contributed by atoms with Gasteiger partial charge in [0, 0.05) is 33.5 Å². The van der Waals surface area contributed by atoms with E-state index >= 15 is 0 Å². The summed E-state index contributed by atoms with van der Waals surface area (Å²) in [5, 5.41) is 17.1. The first-order valence-electron chi connectivity index (χ1n) is 29.2. The van der Waals surface area contributed by atoms with Gasteiger partial charge in [-0.1, -0.05) is 300 Å². The zero-order valence-corrected chi connectivity index (χ0v) is 46.2. The Morgan fingerprint density at radius 3 is 0.702 bits per heavy atom. The van der Waals surface area contributed by atoms with Crippen molar-refractivity contribution in [2.24, 2.45) is 0 Å². The van der Waals surface area contributed by atoms with Crippen molar-refractivity contribution < 1.29 is 0 Å². The Morgan fingerprint density at radius 2 is 0.417 bits per heavy atom. The highest BCUT2D eigenvalue weighted by molar-refractivity contribution is 7.00. The van der Waals surface area contributed by atoms with Crippen molar-refractivity contribution in [2.45, 2.75) is 0 Å². The van der Waals surface area contributed by atoms with Gasteiger partial charge in [0.1, 0.15) is 0 Å². The van der Waals surface area contributed by atoms with Crippen LogP contribution >= 0.6 is 0 Å². The minimum atomic E-state index is -0.192. The Kier molecular flexibility index (Phi) is 12.1. The molecule has 0 radical (unpaired) electrons. The van der Waals surface area contributed by atoms with Gasteiger partial charge < -0.3 is 9.80 Å². The molecule has 0 amide bonds. The van der Waals surface area contributed by atoms with Crippen LogP contribution in [0, 0.1) is 0 Å². The average Bonchev–Trinajstić information content (AvgIpc) is 1.02. The van der Waals surface area contributed by atoms with Crippen LogP contribution in [0.1, 0.15) is 0 Å². The zero-order chi connectivity index (χ0) is 55.5. The van der Waals surface area contributed by atoms with Crippen LogP contribution in [0.5, 0.6) is 0 Å². The fourth-order valence-corrected chi connectivity index (χ4v) is 14.0. The monoisotopic (exact) mass is 1060 g/mol. The second-order valence-electron chi connectivity index (χ2n) is 22.2. The molecule has 0 aliphatic carbocycles. The van der Waals surface area contributed by atoms with Gasteiger partial charge in [-0.25, -0.2) is 0 Å². The zero-order valence-electron chi connectivity index (χ0n) is 46.2. The first-order valence-corrected chi connectivity index (χ1v) is 29.2. The van der Waals surface area contributed by atoms with Gasteiger partial charge in [-0.2, -0.15) is 0 Å². The SMILES string of the molecule is c1ccc(N(c2ccccc2)c2cc(B(c3cccc4ccccc34)c3cccc4ccccc34)c3ccc4c(B(c5cccc6ccccc56)c5cccc6ccccc56)cc(N(c5ccccc5)c5ccccc5)c5ccc2c3c45)cc1. The minimum absolute atomic E-state index is 0.192. The van der Waals surface area contributed by atoms with E-state index in [1.165, 1.54) is 108 Å². The Hall–Kier alpha value is -10.7. The van der Waals surface area contributed by atoms with Crippen LogP contribution in [0.3, 0.4) is 0 Å². The summed E-state index contributed by atoms with van der Waals surface area (Å²) >= 11 is 0. The lowest BCUT2D eigenvalue weighted by molar-refractivity contribution is 1.30. The topological polar surface area (TPSA) is 6.48 Å². The highest BCUT2D eigenvalue weighted by Crippen LogP contribution is 2.47. The van der Waals surface area contributed by atoms with Crippen molar-refractivity contribution in [1.82, 2.24) is 0 Å². The van der Waals surface area contributed by atoms with Crippen molar-refractivity contribution in [3.8, 4) is 0 Å². The van der Waals surface area contributed by atoms with E-state index in [4.69, 9.17) is 0 Å². The summed E-state index contributed by atoms with van der Waals surface area (Å²) in [6.07, 6.45) is 0. The molecule has 84 heavy (non-hydrogen) atoms. The predicted molar refractivity (Wildman–Crippen MR) is 365 cm³/mol. The number of para-hydroxylation sites is 4. The molecule has 0 unspecified atom stereocenters. The van der Waals surface area contributed by atoms with Crippen LogP contribution in [0.4, 0.5) is 34.1 Å². The lowest BCUT2D eigenvalue weighted by Crippen LogP contribution is -2.53. The molecule has 0 aliphatic rings. The maximum absolute atomic E-state index is 2.55. The standard InChI is InChI=1S/C80H54B2N2/c1-5-33-59(34-6-1)83(60-35-7-2-8-36-60)77-53-75(81(71-45-21-29-55-25-13-17-41-63(55)71)72-46-22-30-56-26-14-18-42-64(56)72)67-49-50-68-76(82(73-47-23-31-57-27-15-19-43-65(57)73)74-48-24-32-58-28-16-20-44-66(58)74)54-78(70-52-51-69(77)79(67)80(68)70)84(61-37-9-3-10-38-61)62-39-11-4-12-40-62/h1-54H. The molecule has 0 saturated carbocycles. The number of hydrogen-bond donors (Lipinski definition) is 0. The van der Waals surface area contributed by atoms with E-state index in [2.05, 4.69) is 337 Å². The van der Waals surface area contributed by atoms with Gasteiger partial charge in [-0.15, -0.1) is 0 Å². The third-order valence-corrected chi connectivity index (χ3v) is 17.6. The summed E-state index contributed by atoms with van der Waals surface area (Å²) in [6, 6.07) is 122. The van der Waals surface area contributed by atoms with Crippen LogP contribution in [0.25, 0.3) is 75.4 Å². The predicted octanol–water partition coefficient (Wildman–Crippen LogP) is 17.2. The first-order chi connectivity index (χ1) is 41.7. The summed E-state index contributed by atoms with van der Waals surface area (Å²) in [5.41, 5.74) is 14.1. The Labute approximate surface area is 490 Å². The lowest BCUT2D eigenvalue weighted by atomic mass is 9.34. The van der Waals surface area contributed by atoms with E-state index in [9.17, 15) is 0 Å². The number of hydrogen-bond acceptors (Lipinski definition) is 2. The van der Waals surface area contributed by atoms with Crippen molar-refractivity contribution in [1.29, 1.82) is 0 Å². The van der Waals surface area contributed by atoms with E-state index in [0.717, 1.165) is 34.1 Å². The lowest BCUT2D eigenvalue weighted by Gasteiger charge is -2.32. The molecule has 0 N–H and O–H groups in total. The van der Waals surface area contributed by atoms with Crippen molar-refractivity contribution in [3.63, 3.8) is 0 Å². The molecule has 0 heterocycles. The molecule has 16 aromatic carbocycles. The molecule has 390 valence electrons. The third-order valence-electron chi connectivity index (χ3n) is 17.6. The molecular formula is C80H54B2N2.